The van der Waals surface area contributed by atoms with E-state index in [9.17, 15) is 4.79 Å². The third kappa shape index (κ3) is 2.61. The molecule has 0 radical (unpaired) electrons. The first-order chi connectivity index (χ1) is 10.2. The van der Waals surface area contributed by atoms with E-state index >= 15 is 0 Å². The van der Waals surface area contributed by atoms with Crippen LogP contribution in [0.1, 0.15) is 44.9 Å². The number of amides is 1. The Balaban J connectivity index is 1.29. The molecule has 4 aliphatic rings. The zero-order valence-corrected chi connectivity index (χ0v) is 13.0. The van der Waals surface area contributed by atoms with Crippen LogP contribution in [0.5, 0.6) is 0 Å². The number of piperazine rings is 1. The van der Waals surface area contributed by atoms with Gasteiger partial charge in [-0.2, -0.15) is 0 Å². The van der Waals surface area contributed by atoms with Crippen LogP contribution in [0.25, 0.3) is 0 Å². The summed E-state index contributed by atoms with van der Waals surface area (Å²) in [6.07, 6.45) is 8.77. The van der Waals surface area contributed by atoms with Gasteiger partial charge < -0.3 is 10.6 Å². The number of hydrogen-bond donors (Lipinski definition) is 1. The minimum atomic E-state index is 0.217. The number of fused-ring (bicyclic) bond motifs is 2. The average molecular weight is 291 g/mol. The predicted octanol–water partition coefficient (Wildman–Crippen LogP) is 1.45. The van der Waals surface area contributed by atoms with E-state index in [1.165, 1.54) is 25.7 Å². The number of nitrogens with two attached hydrogens (primary N) is 1. The fourth-order valence-corrected chi connectivity index (χ4v) is 5.43. The first-order valence-electron chi connectivity index (χ1n) is 8.99. The molecular weight excluding hydrogens is 262 g/mol. The summed E-state index contributed by atoms with van der Waals surface area (Å²) in [5.41, 5.74) is 5.95. The fourth-order valence-electron chi connectivity index (χ4n) is 5.43. The molecule has 5 atom stereocenters. The van der Waals surface area contributed by atoms with Gasteiger partial charge >= 0.3 is 0 Å². The van der Waals surface area contributed by atoms with Gasteiger partial charge in [-0.3, -0.25) is 9.69 Å². The van der Waals surface area contributed by atoms with E-state index in [0.717, 1.165) is 63.3 Å². The van der Waals surface area contributed by atoms with Gasteiger partial charge in [0, 0.05) is 44.2 Å². The van der Waals surface area contributed by atoms with Crippen molar-refractivity contribution in [2.24, 2.45) is 23.5 Å². The van der Waals surface area contributed by atoms with Gasteiger partial charge in [0.05, 0.1) is 0 Å². The summed E-state index contributed by atoms with van der Waals surface area (Å²) in [5, 5.41) is 0. The van der Waals surface area contributed by atoms with Gasteiger partial charge in [0.1, 0.15) is 0 Å². The summed E-state index contributed by atoms with van der Waals surface area (Å²) in [7, 11) is 0. The van der Waals surface area contributed by atoms with Crippen LogP contribution in [0.2, 0.25) is 0 Å². The Morgan fingerprint density at radius 1 is 0.905 bits per heavy atom. The van der Waals surface area contributed by atoms with Gasteiger partial charge in [-0.05, 0) is 50.4 Å². The van der Waals surface area contributed by atoms with E-state index in [1.807, 2.05) is 0 Å². The highest BCUT2D eigenvalue weighted by Crippen LogP contribution is 2.46. The summed E-state index contributed by atoms with van der Waals surface area (Å²) in [4.78, 5) is 17.4. The van der Waals surface area contributed by atoms with Crippen molar-refractivity contribution in [3.8, 4) is 0 Å². The molecule has 1 heterocycles. The van der Waals surface area contributed by atoms with Crippen molar-refractivity contribution < 1.29 is 4.79 Å². The molecule has 0 aromatic rings. The van der Waals surface area contributed by atoms with E-state index < -0.39 is 0 Å². The first kappa shape index (κ1) is 14.0. The molecule has 4 fully saturated rings. The number of carbonyl (C=O) groups excluding carboxylic acids is 1. The molecule has 0 spiro atoms. The van der Waals surface area contributed by atoms with Crippen LogP contribution in [0.15, 0.2) is 0 Å². The maximum Gasteiger partial charge on any atom is 0.225 e. The van der Waals surface area contributed by atoms with E-state index in [0.29, 0.717) is 5.91 Å². The lowest BCUT2D eigenvalue weighted by Gasteiger charge is -2.41. The van der Waals surface area contributed by atoms with Crippen molar-refractivity contribution >= 4 is 5.91 Å². The van der Waals surface area contributed by atoms with Crippen LogP contribution in [-0.4, -0.2) is 54.0 Å². The van der Waals surface area contributed by atoms with Crippen molar-refractivity contribution in [3.63, 3.8) is 0 Å². The summed E-state index contributed by atoms with van der Waals surface area (Å²) in [5.74, 6) is 2.58. The summed E-state index contributed by atoms with van der Waals surface area (Å²) >= 11 is 0. The third-order valence-corrected chi connectivity index (χ3v) is 6.62. The number of nitrogens with zero attached hydrogens (tertiary/aromatic N) is 2. The van der Waals surface area contributed by atoms with E-state index in [1.54, 1.807) is 0 Å². The average Bonchev–Trinajstić information content (AvgIpc) is 3.23. The number of carbonyl (C=O) groups is 1. The Morgan fingerprint density at radius 3 is 2.29 bits per heavy atom. The van der Waals surface area contributed by atoms with Crippen molar-refractivity contribution in [3.05, 3.63) is 0 Å². The second-order valence-corrected chi connectivity index (χ2v) is 7.87. The second-order valence-electron chi connectivity index (χ2n) is 7.87. The lowest BCUT2D eigenvalue weighted by molar-refractivity contribution is -0.137. The van der Waals surface area contributed by atoms with Gasteiger partial charge in [-0.15, -0.1) is 0 Å². The molecule has 1 saturated heterocycles. The SMILES string of the molecule is NC1CCC(C(=O)N2CCN(C3CC4CCC3C4)CC2)C1. The Bertz CT molecular complexity index is 405. The Hall–Kier alpha value is -0.610. The summed E-state index contributed by atoms with van der Waals surface area (Å²) < 4.78 is 0. The topological polar surface area (TPSA) is 49.6 Å². The molecule has 1 aliphatic heterocycles. The van der Waals surface area contributed by atoms with Gasteiger partial charge in [0.15, 0.2) is 0 Å². The third-order valence-electron chi connectivity index (χ3n) is 6.62. The molecule has 4 nitrogen and oxygen atoms in total. The minimum Gasteiger partial charge on any atom is -0.340 e. The molecular formula is C17H29N3O. The van der Waals surface area contributed by atoms with Crippen LogP contribution in [-0.2, 0) is 4.79 Å². The maximum absolute atomic E-state index is 12.6. The molecule has 1 amide bonds. The molecule has 118 valence electrons. The van der Waals surface area contributed by atoms with E-state index in [4.69, 9.17) is 5.73 Å². The van der Waals surface area contributed by atoms with Crippen molar-refractivity contribution in [2.75, 3.05) is 26.2 Å². The predicted molar refractivity (Wildman–Crippen MR) is 82.7 cm³/mol. The van der Waals surface area contributed by atoms with Gasteiger partial charge in [-0.25, -0.2) is 0 Å². The zero-order valence-electron chi connectivity index (χ0n) is 13.0. The van der Waals surface area contributed by atoms with Crippen molar-refractivity contribution in [1.82, 2.24) is 9.80 Å². The Morgan fingerprint density at radius 2 is 1.71 bits per heavy atom. The van der Waals surface area contributed by atoms with Crippen LogP contribution >= 0.6 is 0 Å². The molecule has 2 N–H and O–H groups in total. The van der Waals surface area contributed by atoms with E-state index in [-0.39, 0.29) is 12.0 Å². The van der Waals surface area contributed by atoms with Crippen LogP contribution in [0.3, 0.4) is 0 Å². The van der Waals surface area contributed by atoms with Gasteiger partial charge in [0.25, 0.3) is 0 Å². The lowest BCUT2D eigenvalue weighted by Crippen LogP contribution is -2.54. The second kappa shape index (κ2) is 5.54. The van der Waals surface area contributed by atoms with Gasteiger partial charge in [0.2, 0.25) is 5.91 Å². The quantitative estimate of drug-likeness (QED) is 0.838. The van der Waals surface area contributed by atoms with E-state index in [2.05, 4.69) is 9.80 Å². The molecule has 2 bridgehead atoms. The molecule has 5 unspecified atom stereocenters. The molecule has 3 aliphatic carbocycles. The summed E-state index contributed by atoms with van der Waals surface area (Å²) in [6, 6.07) is 1.09. The molecule has 0 aromatic heterocycles. The number of rotatable bonds is 2. The zero-order chi connectivity index (χ0) is 14.4. The highest BCUT2D eigenvalue weighted by molar-refractivity contribution is 5.79. The normalized spacial score (nSPS) is 43.7. The molecule has 3 saturated carbocycles. The summed E-state index contributed by atoms with van der Waals surface area (Å²) in [6.45, 7) is 4.08. The van der Waals surface area contributed by atoms with Crippen molar-refractivity contribution in [1.29, 1.82) is 0 Å². The Kier molecular flexibility index (Phi) is 3.70. The minimum absolute atomic E-state index is 0.217. The number of hydrogen-bond acceptors (Lipinski definition) is 3. The molecule has 4 heteroatoms. The highest BCUT2D eigenvalue weighted by atomic mass is 16.2. The highest BCUT2D eigenvalue weighted by Gasteiger charge is 2.43. The van der Waals surface area contributed by atoms with Crippen LogP contribution in [0, 0.1) is 17.8 Å². The Labute approximate surface area is 128 Å². The van der Waals surface area contributed by atoms with Crippen LogP contribution < -0.4 is 5.73 Å². The standard InChI is InChI=1S/C17H29N3O/c18-15-4-3-14(11-15)17(21)20-7-5-19(6-8-20)16-10-12-1-2-13(16)9-12/h12-16H,1-11,18H2. The van der Waals surface area contributed by atoms with Gasteiger partial charge in [-0.1, -0.05) is 6.42 Å². The molecule has 0 aromatic carbocycles. The fraction of sp³-hybridized carbons (Fsp3) is 0.941. The maximum atomic E-state index is 12.6. The van der Waals surface area contributed by atoms with Crippen molar-refractivity contribution in [2.45, 2.75) is 57.0 Å². The smallest absolute Gasteiger partial charge is 0.225 e. The molecule has 21 heavy (non-hydrogen) atoms. The lowest BCUT2D eigenvalue weighted by atomic mass is 9.93. The largest absolute Gasteiger partial charge is 0.340 e. The molecule has 4 rings (SSSR count). The first-order valence-corrected chi connectivity index (χ1v) is 8.99. The monoisotopic (exact) mass is 291 g/mol. The van der Waals surface area contributed by atoms with Crippen LogP contribution in [0.4, 0.5) is 0 Å².